The molecule has 0 bridgehead atoms. The lowest BCUT2D eigenvalue weighted by Gasteiger charge is -2.26. The number of hydrogen-bond acceptors (Lipinski definition) is 6. The molecule has 9 heteroatoms. The lowest BCUT2D eigenvalue weighted by Crippen LogP contribution is -2.54. The minimum absolute atomic E-state index is 0.212. The first kappa shape index (κ1) is 27.1. The topological polar surface area (TPSA) is 114 Å². The van der Waals surface area contributed by atoms with Gasteiger partial charge in [0.2, 0.25) is 0 Å². The zero-order valence-corrected chi connectivity index (χ0v) is 22.4. The van der Waals surface area contributed by atoms with E-state index >= 15 is 0 Å². The Balaban J connectivity index is 1.51. The van der Waals surface area contributed by atoms with E-state index in [0.717, 1.165) is 27.2 Å². The van der Waals surface area contributed by atoms with E-state index in [1.807, 2.05) is 45.9 Å². The number of nitrogens with zero attached hydrogens (tertiary/aromatic N) is 1. The molecule has 2 N–H and O–H groups in total. The fourth-order valence-corrected chi connectivity index (χ4v) is 3.98. The summed E-state index contributed by atoms with van der Waals surface area (Å²) in [6, 6.07) is 14.7. The van der Waals surface area contributed by atoms with Crippen molar-refractivity contribution in [3.63, 3.8) is 0 Å². The van der Waals surface area contributed by atoms with Gasteiger partial charge < -0.3 is 14.8 Å². The van der Waals surface area contributed by atoms with Crippen LogP contribution in [0.15, 0.2) is 60.2 Å². The lowest BCUT2D eigenvalue weighted by atomic mass is 10.0. The fourth-order valence-electron chi connectivity index (χ4n) is 3.98. The number of rotatable bonds is 7. The molecule has 0 saturated carbocycles. The van der Waals surface area contributed by atoms with Gasteiger partial charge in [-0.1, -0.05) is 18.2 Å². The van der Waals surface area contributed by atoms with Crippen molar-refractivity contribution >= 4 is 41.2 Å². The number of ether oxygens (including phenoxy) is 2. The maximum atomic E-state index is 13.2. The third-order valence-electron chi connectivity index (χ3n) is 6.50. The van der Waals surface area contributed by atoms with Crippen LogP contribution < -0.4 is 25.0 Å². The predicted octanol–water partition coefficient (Wildman–Crippen LogP) is 4.61. The SMILES string of the molecule is COc1cc(/C=C2/C(=O)NC(=O)N(c3ccc(C)c(C)c3)C2=O)ccc1OCC(=O)Nc1ccc(C)c(C)c1. The molecule has 5 amide bonds. The van der Waals surface area contributed by atoms with Crippen molar-refractivity contribution in [3.05, 3.63) is 88.0 Å². The Morgan fingerprint density at radius 3 is 2.23 bits per heavy atom. The molecule has 1 aliphatic heterocycles. The molecule has 39 heavy (non-hydrogen) atoms. The van der Waals surface area contributed by atoms with E-state index in [4.69, 9.17) is 9.47 Å². The van der Waals surface area contributed by atoms with Crippen LogP contribution in [-0.2, 0) is 14.4 Å². The third-order valence-corrected chi connectivity index (χ3v) is 6.50. The number of aryl methyl sites for hydroxylation is 4. The van der Waals surface area contributed by atoms with Crippen LogP contribution >= 0.6 is 0 Å². The Kier molecular flexibility index (Phi) is 7.80. The maximum absolute atomic E-state index is 13.2. The Morgan fingerprint density at radius 2 is 1.56 bits per heavy atom. The van der Waals surface area contributed by atoms with E-state index in [2.05, 4.69) is 10.6 Å². The van der Waals surface area contributed by atoms with Gasteiger partial charge in [-0.15, -0.1) is 0 Å². The Hall–Kier alpha value is -4.92. The monoisotopic (exact) mass is 527 g/mol. The Labute approximate surface area is 226 Å². The van der Waals surface area contributed by atoms with Crippen LogP contribution in [0.3, 0.4) is 0 Å². The molecule has 200 valence electrons. The highest BCUT2D eigenvalue weighted by Gasteiger charge is 2.37. The van der Waals surface area contributed by atoms with Crippen LogP contribution in [0.4, 0.5) is 16.2 Å². The number of anilines is 2. The van der Waals surface area contributed by atoms with Crippen LogP contribution in [0, 0.1) is 27.7 Å². The van der Waals surface area contributed by atoms with Gasteiger partial charge in [0.1, 0.15) is 5.57 Å². The first-order chi connectivity index (χ1) is 18.6. The summed E-state index contributed by atoms with van der Waals surface area (Å²) in [5.41, 5.74) is 5.38. The minimum atomic E-state index is -0.814. The molecule has 4 rings (SSSR count). The average Bonchev–Trinajstić information content (AvgIpc) is 2.89. The number of methoxy groups -OCH3 is 1. The van der Waals surface area contributed by atoms with Crippen LogP contribution in [0.5, 0.6) is 11.5 Å². The largest absolute Gasteiger partial charge is 0.493 e. The smallest absolute Gasteiger partial charge is 0.335 e. The minimum Gasteiger partial charge on any atom is -0.493 e. The maximum Gasteiger partial charge on any atom is 0.335 e. The van der Waals surface area contributed by atoms with Crippen molar-refractivity contribution in [3.8, 4) is 11.5 Å². The van der Waals surface area contributed by atoms with E-state index < -0.39 is 17.8 Å². The molecule has 0 unspecified atom stereocenters. The van der Waals surface area contributed by atoms with Gasteiger partial charge in [-0.25, -0.2) is 9.69 Å². The molecule has 0 atom stereocenters. The van der Waals surface area contributed by atoms with Crippen LogP contribution in [0.2, 0.25) is 0 Å². The van der Waals surface area contributed by atoms with Crippen molar-refractivity contribution in [2.24, 2.45) is 0 Å². The number of amides is 5. The van der Waals surface area contributed by atoms with Crippen LogP contribution in [-0.4, -0.2) is 37.5 Å². The quantitative estimate of drug-likeness (QED) is 0.343. The number of carbonyl (C=O) groups excluding carboxylic acids is 4. The van der Waals surface area contributed by atoms with Crippen molar-refractivity contribution < 1.29 is 28.7 Å². The van der Waals surface area contributed by atoms with E-state index in [1.54, 1.807) is 36.4 Å². The van der Waals surface area contributed by atoms with E-state index in [1.165, 1.54) is 13.2 Å². The summed E-state index contributed by atoms with van der Waals surface area (Å²) < 4.78 is 11.1. The molecule has 0 aromatic heterocycles. The summed E-state index contributed by atoms with van der Waals surface area (Å²) in [7, 11) is 1.44. The number of carbonyl (C=O) groups is 4. The second kappa shape index (κ2) is 11.2. The van der Waals surface area contributed by atoms with Gasteiger partial charge >= 0.3 is 6.03 Å². The molecular formula is C30H29N3O6. The van der Waals surface area contributed by atoms with Gasteiger partial charge in [0.05, 0.1) is 12.8 Å². The van der Waals surface area contributed by atoms with Gasteiger partial charge in [0.15, 0.2) is 18.1 Å². The highest BCUT2D eigenvalue weighted by Crippen LogP contribution is 2.30. The predicted molar refractivity (Wildman–Crippen MR) is 148 cm³/mol. The molecule has 1 fully saturated rings. The molecule has 3 aromatic carbocycles. The molecule has 3 aromatic rings. The second-order valence-corrected chi connectivity index (χ2v) is 9.27. The molecule has 1 aliphatic rings. The van der Waals surface area contributed by atoms with Crippen molar-refractivity contribution in [2.75, 3.05) is 23.9 Å². The molecular weight excluding hydrogens is 498 g/mol. The normalized spacial score (nSPS) is 14.3. The summed E-state index contributed by atoms with van der Waals surface area (Å²) in [5.74, 6) is -1.27. The van der Waals surface area contributed by atoms with Gasteiger partial charge in [-0.2, -0.15) is 0 Å². The molecule has 0 radical (unpaired) electrons. The number of urea groups is 1. The summed E-state index contributed by atoms with van der Waals surface area (Å²) >= 11 is 0. The number of benzene rings is 3. The van der Waals surface area contributed by atoms with Crippen LogP contribution in [0.1, 0.15) is 27.8 Å². The van der Waals surface area contributed by atoms with Gasteiger partial charge in [-0.3, -0.25) is 19.7 Å². The number of barbiturate groups is 1. The fraction of sp³-hybridized carbons (Fsp3) is 0.200. The molecule has 0 aliphatic carbocycles. The summed E-state index contributed by atoms with van der Waals surface area (Å²) in [5, 5.41) is 5.01. The van der Waals surface area contributed by atoms with Gasteiger partial charge in [0, 0.05) is 5.69 Å². The van der Waals surface area contributed by atoms with Crippen LogP contribution in [0.25, 0.3) is 6.08 Å². The zero-order valence-electron chi connectivity index (χ0n) is 22.4. The summed E-state index contributed by atoms with van der Waals surface area (Å²) in [4.78, 5) is 51.6. The Bertz CT molecular complexity index is 1530. The van der Waals surface area contributed by atoms with Gasteiger partial charge in [-0.05, 0) is 98.0 Å². The standard InChI is InChI=1S/C30H29N3O6/c1-17-6-9-22(12-19(17)3)31-27(34)16-39-25-11-8-21(15-26(25)38-5)14-24-28(35)32-30(37)33(29(24)36)23-10-7-18(2)20(4)13-23/h6-15H,16H2,1-5H3,(H,31,34)(H,32,35,37)/b24-14-. The average molecular weight is 528 g/mol. The first-order valence-electron chi connectivity index (χ1n) is 12.2. The second-order valence-electron chi connectivity index (χ2n) is 9.27. The highest BCUT2D eigenvalue weighted by molar-refractivity contribution is 6.39. The lowest BCUT2D eigenvalue weighted by molar-refractivity contribution is -0.122. The summed E-state index contributed by atoms with van der Waals surface area (Å²) in [6.07, 6.45) is 1.37. The number of imide groups is 2. The molecule has 0 spiro atoms. The number of nitrogens with one attached hydrogen (secondary N) is 2. The van der Waals surface area contributed by atoms with Crippen molar-refractivity contribution in [1.29, 1.82) is 0 Å². The van der Waals surface area contributed by atoms with E-state index in [9.17, 15) is 19.2 Å². The summed E-state index contributed by atoms with van der Waals surface area (Å²) in [6.45, 7) is 7.50. The molecule has 1 saturated heterocycles. The number of hydrogen-bond donors (Lipinski definition) is 2. The van der Waals surface area contributed by atoms with Crippen molar-refractivity contribution in [1.82, 2.24) is 5.32 Å². The Morgan fingerprint density at radius 1 is 0.872 bits per heavy atom. The highest BCUT2D eigenvalue weighted by atomic mass is 16.5. The zero-order chi connectivity index (χ0) is 28.3. The first-order valence-corrected chi connectivity index (χ1v) is 12.2. The van der Waals surface area contributed by atoms with Gasteiger partial charge in [0.25, 0.3) is 17.7 Å². The third kappa shape index (κ3) is 5.98. The van der Waals surface area contributed by atoms with E-state index in [-0.39, 0.29) is 18.1 Å². The van der Waals surface area contributed by atoms with Crippen molar-refractivity contribution in [2.45, 2.75) is 27.7 Å². The van der Waals surface area contributed by atoms with E-state index in [0.29, 0.717) is 28.4 Å². The molecule has 1 heterocycles. The molecule has 9 nitrogen and oxygen atoms in total.